The van der Waals surface area contributed by atoms with Crippen LogP contribution in [0, 0.1) is 5.92 Å². The van der Waals surface area contributed by atoms with Crippen LogP contribution in [-0.4, -0.2) is 29.9 Å². The molecule has 0 heterocycles. The Morgan fingerprint density at radius 1 is 0.565 bits per heavy atom. The van der Waals surface area contributed by atoms with E-state index in [0.29, 0.717) is 0 Å². The normalized spacial score (nSPS) is 15.4. The Morgan fingerprint density at radius 3 is 1.26 bits per heavy atom. The summed E-state index contributed by atoms with van der Waals surface area (Å²) in [6, 6.07) is 0. The molecule has 0 aliphatic heterocycles. The van der Waals surface area contributed by atoms with Crippen molar-refractivity contribution in [2.24, 2.45) is 5.92 Å². The summed E-state index contributed by atoms with van der Waals surface area (Å²) in [5.41, 5.74) is 0. The van der Waals surface area contributed by atoms with Crippen LogP contribution in [0.3, 0.4) is 0 Å². The van der Waals surface area contributed by atoms with Crippen LogP contribution < -0.4 is 0 Å². The summed E-state index contributed by atoms with van der Waals surface area (Å²) in [5, 5.41) is 0. The summed E-state index contributed by atoms with van der Waals surface area (Å²) < 4.78 is 140. The van der Waals surface area contributed by atoms with Gasteiger partial charge in [0.15, 0.2) is 0 Å². The van der Waals surface area contributed by atoms with E-state index in [1.54, 1.807) is 0 Å². The molecule has 0 aliphatic carbocycles. The summed E-state index contributed by atoms with van der Waals surface area (Å²) in [6.45, 7) is 2.51. The van der Waals surface area contributed by atoms with Gasteiger partial charge < -0.3 is 0 Å². The SMILES string of the molecule is CC(C)CC(F)(F)CC(F)(F)CC(F)(F)CC(F)(F)C(F)(F)F. The molecule has 0 aromatic rings. The highest BCUT2D eigenvalue weighted by molar-refractivity contribution is 4.89. The van der Waals surface area contributed by atoms with Gasteiger partial charge in [-0.3, -0.25) is 0 Å². The smallest absolute Gasteiger partial charge is 0.207 e. The molecular formula is C12H15F11. The van der Waals surface area contributed by atoms with Gasteiger partial charge in [0, 0.05) is 6.42 Å². The molecular weight excluding hydrogens is 353 g/mol. The van der Waals surface area contributed by atoms with Gasteiger partial charge in [-0.05, 0) is 5.92 Å². The lowest BCUT2D eigenvalue weighted by Crippen LogP contribution is -2.44. The molecule has 11 heteroatoms. The number of halogens is 11. The van der Waals surface area contributed by atoms with Crippen LogP contribution in [0.1, 0.15) is 39.5 Å². The summed E-state index contributed by atoms with van der Waals surface area (Å²) >= 11 is 0. The lowest BCUT2D eigenvalue weighted by Gasteiger charge is -2.29. The molecule has 0 bridgehead atoms. The van der Waals surface area contributed by atoms with Crippen molar-refractivity contribution in [2.75, 3.05) is 0 Å². The van der Waals surface area contributed by atoms with Crippen molar-refractivity contribution in [3.8, 4) is 0 Å². The lowest BCUT2D eigenvalue weighted by molar-refractivity contribution is -0.304. The van der Waals surface area contributed by atoms with E-state index < -0.39 is 61.5 Å². The standard InChI is InChI=1S/C12H15F11/c1-7(2)3-8(13,14)4-9(15,16)5-10(17,18)6-11(19,20)12(21,22)23/h7H,3-6H2,1-2H3. The predicted molar refractivity (Wildman–Crippen MR) is 59.1 cm³/mol. The topological polar surface area (TPSA) is 0 Å². The molecule has 0 unspecified atom stereocenters. The fourth-order valence-electron chi connectivity index (χ4n) is 1.98. The fourth-order valence-corrected chi connectivity index (χ4v) is 1.98. The van der Waals surface area contributed by atoms with Gasteiger partial charge in [0.1, 0.15) is 0 Å². The monoisotopic (exact) mass is 368 g/mol. The van der Waals surface area contributed by atoms with Crippen LogP contribution in [0.15, 0.2) is 0 Å². The highest BCUT2D eigenvalue weighted by Crippen LogP contribution is 2.47. The van der Waals surface area contributed by atoms with Crippen LogP contribution in [0.25, 0.3) is 0 Å². The van der Waals surface area contributed by atoms with Crippen molar-refractivity contribution in [1.29, 1.82) is 0 Å². The first-order chi connectivity index (χ1) is 9.79. The van der Waals surface area contributed by atoms with Crippen molar-refractivity contribution in [3.63, 3.8) is 0 Å². The van der Waals surface area contributed by atoms with Gasteiger partial charge in [0.25, 0.3) is 17.8 Å². The molecule has 0 radical (unpaired) electrons. The molecule has 0 aliphatic rings. The van der Waals surface area contributed by atoms with E-state index in [1.807, 2.05) is 0 Å². The second kappa shape index (κ2) is 6.62. The lowest BCUT2D eigenvalue weighted by atomic mass is 9.95. The number of hydrogen-bond acceptors (Lipinski definition) is 0. The van der Waals surface area contributed by atoms with Crippen molar-refractivity contribution < 1.29 is 48.3 Å². The van der Waals surface area contributed by atoms with E-state index in [0.717, 1.165) is 0 Å². The molecule has 0 rings (SSSR count). The maximum absolute atomic E-state index is 13.3. The number of rotatable bonds is 8. The van der Waals surface area contributed by atoms with Crippen molar-refractivity contribution in [1.82, 2.24) is 0 Å². The van der Waals surface area contributed by atoms with Gasteiger partial charge >= 0.3 is 12.1 Å². The first-order valence-electron chi connectivity index (χ1n) is 6.37. The molecule has 0 spiro atoms. The molecule has 0 nitrogen and oxygen atoms in total. The van der Waals surface area contributed by atoms with Gasteiger partial charge in [0.2, 0.25) is 0 Å². The summed E-state index contributed by atoms with van der Waals surface area (Å²) in [7, 11) is 0. The Hall–Kier alpha value is -0.770. The Labute approximate surface area is 125 Å². The molecule has 0 saturated carbocycles. The summed E-state index contributed by atoms with van der Waals surface area (Å²) in [5.74, 6) is -20.7. The van der Waals surface area contributed by atoms with E-state index in [9.17, 15) is 48.3 Å². The van der Waals surface area contributed by atoms with E-state index in [2.05, 4.69) is 0 Å². The van der Waals surface area contributed by atoms with Gasteiger partial charge in [-0.25, -0.2) is 26.3 Å². The van der Waals surface area contributed by atoms with E-state index >= 15 is 0 Å². The van der Waals surface area contributed by atoms with Gasteiger partial charge in [-0.1, -0.05) is 13.8 Å². The maximum Gasteiger partial charge on any atom is 0.453 e. The largest absolute Gasteiger partial charge is 0.453 e. The molecule has 0 atom stereocenters. The highest BCUT2D eigenvalue weighted by Gasteiger charge is 2.63. The van der Waals surface area contributed by atoms with Crippen molar-refractivity contribution in [2.45, 2.75) is 69.4 Å². The van der Waals surface area contributed by atoms with Crippen LogP contribution in [-0.2, 0) is 0 Å². The predicted octanol–water partition coefficient (Wildman–Crippen LogP) is 6.31. The average molecular weight is 368 g/mol. The highest BCUT2D eigenvalue weighted by atomic mass is 19.4. The Balaban J connectivity index is 5.00. The van der Waals surface area contributed by atoms with Crippen LogP contribution >= 0.6 is 0 Å². The Morgan fingerprint density at radius 2 is 0.913 bits per heavy atom. The number of hydrogen-bond donors (Lipinski definition) is 0. The quantitative estimate of drug-likeness (QED) is 0.441. The zero-order valence-electron chi connectivity index (χ0n) is 12.1. The second-order valence-corrected chi connectivity index (χ2v) is 5.90. The fraction of sp³-hybridized carbons (Fsp3) is 1.00. The first kappa shape index (κ1) is 22.2. The van der Waals surface area contributed by atoms with Crippen LogP contribution in [0.5, 0.6) is 0 Å². The Kier molecular flexibility index (Phi) is 6.40. The molecule has 23 heavy (non-hydrogen) atoms. The van der Waals surface area contributed by atoms with Crippen LogP contribution in [0.4, 0.5) is 48.3 Å². The second-order valence-electron chi connectivity index (χ2n) is 5.90. The molecule has 0 N–H and O–H groups in total. The average Bonchev–Trinajstić information content (AvgIpc) is 2.04. The summed E-state index contributed by atoms with van der Waals surface area (Å²) in [4.78, 5) is 0. The molecule has 0 amide bonds. The molecule has 0 aromatic carbocycles. The maximum atomic E-state index is 13.3. The van der Waals surface area contributed by atoms with Gasteiger partial charge in [-0.2, -0.15) is 22.0 Å². The molecule has 0 saturated heterocycles. The first-order valence-corrected chi connectivity index (χ1v) is 6.37. The van der Waals surface area contributed by atoms with Crippen LogP contribution in [0.2, 0.25) is 0 Å². The van der Waals surface area contributed by atoms with E-state index in [-0.39, 0.29) is 0 Å². The molecule has 0 fully saturated rings. The number of alkyl halides is 11. The van der Waals surface area contributed by atoms with E-state index in [4.69, 9.17) is 0 Å². The van der Waals surface area contributed by atoms with Gasteiger partial charge in [-0.15, -0.1) is 0 Å². The third-order valence-corrected chi connectivity index (χ3v) is 2.64. The zero-order chi connectivity index (χ0) is 18.9. The summed E-state index contributed by atoms with van der Waals surface area (Å²) in [6.07, 6.45) is -15.8. The minimum absolute atomic E-state index is 0.754. The van der Waals surface area contributed by atoms with Crippen molar-refractivity contribution >= 4 is 0 Å². The third kappa shape index (κ3) is 8.05. The van der Waals surface area contributed by atoms with Crippen molar-refractivity contribution in [3.05, 3.63) is 0 Å². The Bertz CT molecular complexity index is 381. The minimum Gasteiger partial charge on any atom is -0.207 e. The van der Waals surface area contributed by atoms with E-state index in [1.165, 1.54) is 13.8 Å². The molecule has 140 valence electrons. The minimum atomic E-state index is -6.35. The third-order valence-electron chi connectivity index (χ3n) is 2.64. The van der Waals surface area contributed by atoms with Gasteiger partial charge in [0.05, 0.1) is 19.3 Å². The zero-order valence-corrected chi connectivity index (χ0v) is 12.1. The molecule has 0 aromatic heterocycles.